The lowest BCUT2D eigenvalue weighted by atomic mass is 10.1. The highest BCUT2D eigenvalue weighted by molar-refractivity contribution is 5.76. The molecule has 0 aromatic heterocycles. The smallest absolute Gasteiger partial charge is 0.231 e. The molecule has 0 radical (unpaired) electrons. The summed E-state index contributed by atoms with van der Waals surface area (Å²) in [5.74, 6) is 1.66. The molecule has 1 aliphatic rings. The molecule has 1 amide bonds. The van der Waals surface area contributed by atoms with Crippen LogP contribution in [0.25, 0.3) is 0 Å². The first kappa shape index (κ1) is 14.4. The van der Waals surface area contributed by atoms with E-state index in [0.29, 0.717) is 13.0 Å². The van der Waals surface area contributed by atoms with Crippen LogP contribution in [0.2, 0.25) is 0 Å². The first-order valence-electron chi connectivity index (χ1n) is 7.39. The molecule has 0 unspecified atom stereocenters. The summed E-state index contributed by atoms with van der Waals surface area (Å²) in [5, 5.41) is 0. The summed E-state index contributed by atoms with van der Waals surface area (Å²) < 4.78 is 10.7. The number of ether oxygens (including phenoxy) is 2. The van der Waals surface area contributed by atoms with Gasteiger partial charge in [-0.2, -0.15) is 0 Å². The third kappa shape index (κ3) is 3.39. The van der Waals surface area contributed by atoms with Crippen molar-refractivity contribution >= 4 is 5.91 Å². The molecule has 0 saturated carbocycles. The molecule has 1 aliphatic heterocycles. The van der Waals surface area contributed by atoms with Gasteiger partial charge in [0.1, 0.15) is 0 Å². The summed E-state index contributed by atoms with van der Waals surface area (Å²) in [7, 11) is 1.83. The Labute approximate surface area is 130 Å². The number of amides is 1. The van der Waals surface area contributed by atoms with Crippen molar-refractivity contribution in [1.29, 1.82) is 0 Å². The molecular weight excluding hydrogens is 278 g/mol. The Morgan fingerprint density at radius 2 is 1.82 bits per heavy atom. The Hall–Kier alpha value is -2.49. The van der Waals surface area contributed by atoms with E-state index in [0.717, 1.165) is 23.5 Å². The van der Waals surface area contributed by atoms with Gasteiger partial charge >= 0.3 is 0 Å². The fourth-order valence-corrected chi connectivity index (χ4v) is 2.49. The molecule has 2 aromatic carbocycles. The van der Waals surface area contributed by atoms with Crippen molar-refractivity contribution in [3.8, 4) is 11.5 Å². The number of carbonyl (C=O) groups excluding carboxylic acids is 1. The van der Waals surface area contributed by atoms with E-state index >= 15 is 0 Å². The van der Waals surface area contributed by atoms with Crippen molar-refractivity contribution in [2.45, 2.75) is 19.4 Å². The molecule has 0 aliphatic carbocycles. The molecule has 0 saturated heterocycles. The maximum absolute atomic E-state index is 12.2. The SMILES string of the molecule is CN(Cc1ccc2c(c1)OCO2)C(=O)CCc1ccccc1. The van der Waals surface area contributed by atoms with Crippen molar-refractivity contribution in [3.63, 3.8) is 0 Å². The Morgan fingerprint density at radius 1 is 1.05 bits per heavy atom. The summed E-state index contributed by atoms with van der Waals surface area (Å²) in [4.78, 5) is 14.0. The number of fused-ring (bicyclic) bond motifs is 1. The van der Waals surface area contributed by atoms with Crippen LogP contribution in [0.15, 0.2) is 48.5 Å². The predicted octanol–water partition coefficient (Wildman–Crippen LogP) is 3.01. The van der Waals surface area contributed by atoms with Crippen LogP contribution >= 0.6 is 0 Å². The molecule has 0 atom stereocenters. The minimum atomic E-state index is 0.140. The van der Waals surface area contributed by atoms with Gasteiger partial charge in [-0.25, -0.2) is 0 Å². The van der Waals surface area contributed by atoms with Crippen molar-refractivity contribution in [2.75, 3.05) is 13.8 Å². The second kappa shape index (κ2) is 6.52. The molecule has 3 rings (SSSR count). The lowest BCUT2D eigenvalue weighted by Crippen LogP contribution is -2.26. The van der Waals surface area contributed by atoms with Crippen LogP contribution in [0.3, 0.4) is 0 Å². The summed E-state index contributed by atoms with van der Waals surface area (Å²) in [5.41, 5.74) is 2.23. The van der Waals surface area contributed by atoms with Gasteiger partial charge < -0.3 is 14.4 Å². The van der Waals surface area contributed by atoms with Crippen molar-refractivity contribution < 1.29 is 14.3 Å². The fraction of sp³-hybridized carbons (Fsp3) is 0.278. The van der Waals surface area contributed by atoms with E-state index in [1.54, 1.807) is 4.90 Å². The van der Waals surface area contributed by atoms with E-state index in [4.69, 9.17) is 9.47 Å². The minimum absolute atomic E-state index is 0.140. The molecule has 0 bridgehead atoms. The molecular formula is C18H19NO3. The van der Waals surface area contributed by atoms with Gasteiger partial charge in [0.25, 0.3) is 0 Å². The second-order valence-corrected chi connectivity index (χ2v) is 5.42. The van der Waals surface area contributed by atoms with Gasteiger partial charge in [-0.15, -0.1) is 0 Å². The highest BCUT2D eigenvalue weighted by Gasteiger charge is 2.15. The molecule has 0 spiro atoms. The highest BCUT2D eigenvalue weighted by Crippen LogP contribution is 2.32. The minimum Gasteiger partial charge on any atom is -0.454 e. The van der Waals surface area contributed by atoms with Gasteiger partial charge in [0.2, 0.25) is 12.7 Å². The Morgan fingerprint density at radius 3 is 2.64 bits per heavy atom. The van der Waals surface area contributed by atoms with Gasteiger partial charge in [-0.1, -0.05) is 36.4 Å². The topological polar surface area (TPSA) is 38.8 Å². The maximum atomic E-state index is 12.2. The first-order valence-corrected chi connectivity index (χ1v) is 7.39. The molecule has 22 heavy (non-hydrogen) atoms. The largest absolute Gasteiger partial charge is 0.454 e. The standard InChI is InChI=1S/C18H19NO3/c1-19(18(20)10-8-14-5-3-2-4-6-14)12-15-7-9-16-17(11-15)22-13-21-16/h2-7,9,11H,8,10,12-13H2,1H3. The van der Waals surface area contributed by atoms with E-state index in [2.05, 4.69) is 0 Å². The van der Waals surface area contributed by atoms with E-state index in [1.807, 2.05) is 55.6 Å². The number of aryl methyl sites for hydroxylation is 1. The molecule has 0 fully saturated rings. The van der Waals surface area contributed by atoms with Crippen molar-refractivity contribution in [2.24, 2.45) is 0 Å². The average Bonchev–Trinajstić information content (AvgIpc) is 3.01. The Kier molecular flexibility index (Phi) is 4.28. The molecule has 114 valence electrons. The number of rotatable bonds is 5. The highest BCUT2D eigenvalue weighted by atomic mass is 16.7. The maximum Gasteiger partial charge on any atom is 0.231 e. The van der Waals surface area contributed by atoms with Gasteiger partial charge in [0.15, 0.2) is 11.5 Å². The predicted molar refractivity (Wildman–Crippen MR) is 83.8 cm³/mol. The number of hydrogen-bond acceptors (Lipinski definition) is 3. The van der Waals surface area contributed by atoms with Crippen LogP contribution in [-0.4, -0.2) is 24.6 Å². The number of nitrogens with zero attached hydrogens (tertiary/aromatic N) is 1. The Balaban J connectivity index is 1.55. The van der Waals surface area contributed by atoms with E-state index in [9.17, 15) is 4.79 Å². The van der Waals surface area contributed by atoms with Gasteiger partial charge in [0.05, 0.1) is 0 Å². The summed E-state index contributed by atoms with van der Waals surface area (Å²) in [6, 6.07) is 15.9. The third-order valence-electron chi connectivity index (χ3n) is 3.75. The van der Waals surface area contributed by atoms with Crippen molar-refractivity contribution in [1.82, 2.24) is 4.90 Å². The van der Waals surface area contributed by atoms with Crippen LogP contribution in [-0.2, 0) is 17.8 Å². The van der Waals surface area contributed by atoms with Gasteiger partial charge in [-0.3, -0.25) is 4.79 Å². The number of hydrogen-bond donors (Lipinski definition) is 0. The van der Waals surface area contributed by atoms with E-state index in [1.165, 1.54) is 5.56 Å². The van der Waals surface area contributed by atoms with Crippen LogP contribution < -0.4 is 9.47 Å². The normalized spacial score (nSPS) is 12.2. The molecule has 4 heteroatoms. The quantitative estimate of drug-likeness (QED) is 0.851. The number of carbonyl (C=O) groups is 1. The zero-order chi connectivity index (χ0) is 15.4. The van der Waals surface area contributed by atoms with Crippen LogP contribution in [0.4, 0.5) is 0 Å². The summed E-state index contributed by atoms with van der Waals surface area (Å²) in [6.07, 6.45) is 1.29. The monoisotopic (exact) mass is 297 g/mol. The third-order valence-corrected chi connectivity index (χ3v) is 3.75. The zero-order valence-electron chi connectivity index (χ0n) is 12.6. The van der Waals surface area contributed by atoms with E-state index < -0.39 is 0 Å². The average molecular weight is 297 g/mol. The molecule has 1 heterocycles. The molecule has 4 nitrogen and oxygen atoms in total. The van der Waals surface area contributed by atoms with Crippen LogP contribution in [0, 0.1) is 0 Å². The summed E-state index contributed by atoms with van der Waals surface area (Å²) >= 11 is 0. The lowest BCUT2D eigenvalue weighted by molar-refractivity contribution is -0.130. The second-order valence-electron chi connectivity index (χ2n) is 5.42. The fourth-order valence-electron chi connectivity index (χ4n) is 2.49. The Bertz CT molecular complexity index is 655. The lowest BCUT2D eigenvalue weighted by Gasteiger charge is -2.17. The van der Waals surface area contributed by atoms with Gasteiger partial charge in [0, 0.05) is 20.0 Å². The molecule has 2 aromatic rings. The van der Waals surface area contributed by atoms with Crippen molar-refractivity contribution in [3.05, 3.63) is 59.7 Å². The van der Waals surface area contributed by atoms with Gasteiger partial charge in [-0.05, 0) is 29.7 Å². The van der Waals surface area contributed by atoms with Crippen LogP contribution in [0.5, 0.6) is 11.5 Å². The first-order chi connectivity index (χ1) is 10.7. The number of benzene rings is 2. The van der Waals surface area contributed by atoms with E-state index in [-0.39, 0.29) is 12.7 Å². The molecule has 0 N–H and O–H groups in total. The summed E-state index contributed by atoms with van der Waals surface area (Å²) in [6.45, 7) is 0.842. The van der Waals surface area contributed by atoms with Crippen LogP contribution in [0.1, 0.15) is 17.5 Å². The zero-order valence-corrected chi connectivity index (χ0v) is 12.6.